The average molecular weight is 440 g/mol. The molecule has 3 rings (SSSR count). The summed E-state index contributed by atoms with van der Waals surface area (Å²) in [6.45, 7) is 5.26. The van der Waals surface area contributed by atoms with Crippen molar-refractivity contribution in [1.29, 1.82) is 0 Å². The number of rotatable bonds is 3. The average Bonchev–Trinajstić information content (AvgIpc) is 2.96. The van der Waals surface area contributed by atoms with Gasteiger partial charge in [-0.05, 0) is 19.4 Å². The van der Waals surface area contributed by atoms with Gasteiger partial charge in [0, 0.05) is 44.0 Å². The molecule has 29 heavy (non-hydrogen) atoms. The lowest BCUT2D eigenvalue weighted by Crippen LogP contribution is -2.44. The Morgan fingerprint density at radius 3 is 2.45 bits per heavy atom. The number of carbonyl (C=O) groups is 1. The van der Waals surface area contributed by atoms with E-state index in [1.54, 1.807) is 29.7 Å². The highest BCUT2D eigenvalue weighted by Gasteiger charge is 2.44. The lowest BCUT2D eigenvalue weighted by atomic mass is 9.88. The molecule has 1 aromatic heterocycles. The normalized spacial score (nSPS) is 23.4. The molecule has 1 N–H and O–H groups in total. The van der Waals surface area contributed by atoms with Gasteiger partial charge in [0.2, 0.25) is 16.0 Å². The number of nitrogens with zero attached hydrogens (tertiary/aromatic N) is 4. The van der Waals surface area contributed by atoms with Crippen LogP contribution in [0.15, 0.2) is 18.5 Å². The third-order valence-corrected chi connectivity index (χ3v) is 6.51. The van der Waals surface area contributed by atoms with Crippen molar-refractivity contribution in [2.75, 3.05) is 50.0 Å². The summed E-state index contributed by atoms with van der Waals surface area (Å²) in [4.78, 5) is 19.6. The molecule has 2 aliphatic heterocycles. The fourth-order valence-corrected chi connectivity index (χ4v) is 4.37. The molecule has 2 fully saturated rings. The van der Waals surface area contributed by atoms with Crippen LogP contribution in [0, 0.1) is 5.41 Å². The number of aromatic nitrogens is 2. The highest BCUT2D eigenvalue weighted by Crippen LogP contribution is 2.35. The lowest BCUT2D eigenvalue weighted by Gasteiger charge is -2.31. The monoisotopic (exact) mass is 440 g/mol. The van der Waals surface area contributed by atoms with Crippen LogP contribution in [0.1, 0.15) is 13.3 Å². The Bertz CT molecular complexity index is 793. The molecule has 9 nitrogen and oxygen atoms in total. The fraction of sp³-hybridized carbons (Fsp3) is 0.688. The zero-order valence-corrected chi connectivity index (χ0v) is 16.6. The molecule has 1 spiro atoms. The second-order valence-electron chi connectivity index (χ2n) is 6.81. The van der Waals surface area contributed by atoms with Crippen molar-refractivity contribution in [3.8, 4) is 0 Å². The molecule has 0 aliphatic carbocycles. The van der Waals surface area contributed by atoms with E-state index in [0.717, 1.165) is 19.5 Å². The van der Waals surface area contributed by atoms with Crippen LogP contribution in [-0.2, 0) is 19.6 Å². The first-order valence-electron chi connectivity index (χ1n) is 8.87. The maximum atomic E-state index is 12.2. The van der Waals surface area contributed by atoms with Crippen molar-refractivity contribution in [2.45, 2.75) is 19.5 Å². The number of alkyl halides is 3. The number of hydrogen-bond acceptors (Lipinski definition) is 7. The summed E-state index contributed by atoms with van der Waals surface area (Å²) in [5.41, 5.74) is -0.169. The SMILES string of the molecule is CCS(=O)(=O)N1CCOCC2(CCN(c3ncccn3)C2)C1.O=C(O)C(F)(F)F. The summed E-state index contributed by atoms with van der Waals surface area (Å²) in [5.74, 6) is -1.92. The number of carboxylic acids is 1. The van der Waals surface area contributed by atoms with Crippen LogP contribution in [-0.4, -0.2) is 85.1 Å². The number of aliphatic carboxylic acids is 1. The van der Waals surface area contributed by atoms with E-state index in [1.807, 2.05) is 0 Å². The van der Waals surface area contributed by atoms with Gasteiger partial charge in [0.15, 0.2) is 0 Å². The minimum absolute atomic E-state index is 0.134. The van der Waals surface area contributed by atoms with Gasteiger partial charge in [-0.15, -0.1) is 0 Å². The first kappa shape index (κ1) is 23.3. The summed E-state index contributed by atoms with van der Waals surface area (Å²) in [7, 11) is -3.19. The van der Waals surface area contributed by atoms with Gasteiger partial charge < -0.3 is 14.7 Å². The zero-order valence-electron chi connectivity index (χ0n) is 15.8. The Labute approximate surface area is 166 Å². The molecular weight excluding hydrogens is 417 g/mol. The van der Waals surface area contributed by atoms with E-state index in [-0.39, 0.29) is 11.2 Å². The summed E-state index contributed by atoms with van der Waals surface area (Å²) < 4.78 is 63.5. The van der Waals surface area contributed by atoms with E-state index in [2.05, 4.69) is 14.9 Å². The van der Waals surface area contributed by atoms with E-state index in [4.69, 9.17) is 14.6 Å². The predicted octanol–water partition coefficient (Wildman–Crippen LogP) is 0.988. The Balaban J connectivity index is 0.000000370. The fourth-order valence-electron chi connectivity index (χ4n) is 3.18. The second kappa shape index (κ2) is 9.22. The molecule has 2 saturated heterocycles. The Kier molecular flexibility index (Phi) is 7.40. The van der Waals surface area contributed by atoms with Gasteiger partial charge in [0.25, 0.3) is 0 Å². The summed E-state index contributed by atoms with van der Waals surface area (Å²) in [6, 6.07) is 1.79. The van der Waals surface area contributed by atoms with Crippen molar-refractivity contribution in [3.63, 3.8) is 0 Å². The third-order valence-electron chi connectivity index (χ3n) is 4.68. The minimum Gasteiger partial charge on any atom is -0.475 e. The molecule has 2 aliphatic rings. The van der Waals surface area contributed by atoms with Gasteiger partial charge in [-0.1, -0.05) is 0 Å². The van der Waals surface area contributed by atoms with E-state index in [0.29, 0.717) is 32.3 Å². The number of anilines is 1. The van der Waals surface area contributed by atoms with Crippen molar-refractivity contribution >= 4 is 21.9 Å². The molecule has 1 atom stereocenters. The van der Waals surface area contributed by atoms with Crippen molar-refractivity contribution in [1.82, 2.24) is 14.3 Å². The molecule has 13 heteroatoms. The molecule has 0 amide bonds. The number of sulfonamides is 1. The van der Waals surface area contributed by atoms with Gasteiger partial charge in [-0.2, -0.15) is 17.5 Å². The van der Waals surface area contributed by atoms with E-state index < -0.39 is 22.2 Å². The molecule has 0 radical (unpaired) electrons. The predicted molar refractivity (Wildman–Crippen MR) is 96.8 cm³/mol. The largest absolute Gasteiger partial charge is 0.490 e. The molecule has 1 aromatic rings. The Hall–Kier alpha value is -1.99. The van der Waals surface area contributed by atoms with Crippen LogP contribution in [0.5, 0.6) is 0 Å². The molecule has 3 heterocycles. The van der Waals surface area contributed by atoms with E-state index >= 15 is 0 Å². The highest BCUT2D eigenvalue weighted by atomic mass is 32.2. The summed E-state index contributed by atoms with van der Waals surface area (Å²) in [6.07, 6.45) is -0.740. The van der Waals surface area contributed by atoms with Crippen LogP contribution >= 0.6 is 0 Å². The molecule has 0 aromatic carbocycles. The van der Waals surface area contributed by atoms with Crippen LogP contribution < -0.4 is 4.90 Å². The lowest BCUT2D eigenvalue weighted by molar-refractivity contribution is -0.192. The third kappa shape index (κ3) is 6.24. The molecule has 164 valence electrons. The quantitative estimate of drug-likeness (QED) is 0.741. The molecule has 0 saturated carbocycles. The van der Waals surface area contributed by atoms with Crippen LogP contribution in [0.3, 0.4) is 0 Å². The maximum Gasteiger partial charge on any atom is 0.490 e. The first-order valence-corrected chi connectivity index (χ1v) is 10.5. The standard InChI is InChI=1S/C14H22N4O3S.C2HF3O2/c1-2-22(19,20)18-8-9-21-12-14(11-18)4-7-17(10-14)13-15-5-3-6-16-13;3-2(4,5)1(6)7/h3,5-6H,2,4,7-12H2,1H3;(H,6,7). The summed E-state index contributed by atoms with van der Waals surface area (Å²) >= 11 is 0. The molecular formula is C16H23F3N4O5S. The number of hydrogen-bond donors (Lipinski definition) is 1. The highest BCUT2D eigenvalue weighted by molar-refractivity contribution is 7.89. The van der Waals surface area contributed by atoms with Gasteiger partial charge in [-0.25, -0.2) is 23.2 Å². The minimum atomic E-state index is -5.08. The van der Waals surface area contributed by atoms with Crippen LogP contribution in [0.25, 0.3) is 0 Å². The number of ether oxygens (including phenoxy) is 1. The van der Waals surface area contributed by atoms with Gasteiger partial charge in [0.05, 0.1) is 19.0 Å². The Morgan fingerprint density at radius 2 is 1.90 bits per heavy atom. The van der Waals surface area contributed by atoms with Crippen molar-refractivity contribution in [2.24, 2.45) is 5.41 Å². The van der Waals surface area contributed by atoms with E-state index in [9.17, 15) is 21.6 Å². The smallest absolute Gasteiger partial charge is 0.475 e. The van der Waals surface area contributed by atoms with Gasteiger partial charge in [-0.3, -0.25) is 0 Å². The summed E-state index contributed by atoms with van der Waals surface area (Å²) in [5, 5.41) is 7.12. The Morgan fingerprint density at radius 1 is 1.28 bits per heavy atom. The maximum absolute atomic E-state index is 12.2. The van der Waals surface area contributed by atoms with E-state index in [1.165, 1.54) is 0 Å². The van der Waals surface area contributed by atoms with Gasteiger partial charge >= 0.3 is 12.1 Å². The number of carboxylic acid groups (broad SMARTS) is 1. The first-order chi connectivity index (χ1) is 13.5. The molecule has 0 bridgehead atoms. The second-order valence-corrected chi connectivity index (χ2v) is 9.07. The van der Waals surface area contributed by atoms with Gasteiger partial charge in [0.1, 0.15) is 0 Å². The zero-order chi connectivity index (χ0) is 21.7. The van der Waals surface area contributed by atoms with Crippen LogP contribution in [0.4, 0.5) is 19.1 Å². The number of halogens is 3. The topological polar surface area (TPSA) is 113 Å². The van der Waals surface area contributed by atoms with Crippen LogP contribution in [0.2, 0.25) is 0 Å². The van der Waals surface area contributed by atoms with Crippen molar-refractivity contribution in [3.05, 3.63) is 18.5 Å². The van der Waals surface area contributed by atoms with Crippen molar-refractivity contribution < 1.29 is 36.2 Å². The molecule has 1 unspecified atom stereocenters.